The van der Waals surface area contributed by atoms with Gasteiger partial charge in [-0.25, -0.2) is 0 Å². The molecular formula is C19H18N4O3. The zero-order valence-electron chi connectivity index (χ0n) is 14.0. The Morgan fingerprint density at radius 1 is 1.15 bits per heavy atom. The van der Waals surface area contributed by atoms with E-state index in [2.05, 4.69) is 10.6 Å². The second-order valence-electron chi connectivity index (χ2n) is 5.47. The van der Waals surface area contributed by atoms with Crippen LogP contribution in [0.25, 0.3) is 0 Å². The van der Waals surface area contributed by atoms with Crippen molar-refractivity contribution in [1.29, 1.82) is 5.26 Å². The van der Waals surface area contributed by atoms with Crippen LogP contribution < -0.4 is 10.6 Å². The van der Waals surface area contributed by atoms with Gasteiger partial charge in [-0.05, 0) is 30.5 Å². The van der Waals surface area contributed by atoms with E-state index in [9.17, 15) is 14.9 Å². The number of nitro benzene ring substituents is 1. The van der Waals surface area contributed by atoms with E-state index < -0.39 is 10.8 Å². The molecule has 2 aromatic rings. The second kappa shape index (κ2) is 9.59. The van der Waals surface area contributed by atoms with E-state index in [1.807, 2.05) is 36.4 Å². The third-order valence-corrected chi connectivity index (χ3v) is 3.58. The molecule has 0 aliphatic carbocycles. The fourth-order valence-corrected chi connectivity index (χ4v) is 2.23. The summed E-state index contributed by atoms with van der Waals surface area (Å²) >= 11 is 0. The largest absolute Gasteiger partial charge is 0.390 e. The van der Waals surface area contributed by atoms with Gasteiger partial charge in [-0.1, -0.05) is 30.3 Å². The maximum absolute atomic E-state index is 12.1. The third-order valence-electron chi connectivity index (χ3n) is 3.58. The van der Waals surface area contributed by atoms with Crippen LogP contribution in [0, 0.1) is 21.4 Å². The number of amides is 1. The van der Waals surface area contributed by atoms with Crippen LogP contribution >= 0.6 is 0 Å². The lowest BCUT2D eigenvalue weighted by molar-refractivity contribution is -0.384. The van der Waals surface area contributed by atoms with Crippen molar-refractivity contribution in [3.63, 3.8) is 0 Å². The highest BCUT2D eigenvalue weighted by molar-refractivity contribution is 6.06. The average Bonchev–Trinajstić information content (AvgIpc) is 2.66. The van der Waals surface area contributed by atoms with Crippen LogP contribution in [0.2, 0.25) is 0 Å². The SMILES string of the molecule is N#C/C(=C/NCCCc1ccccc1)C(=O)Nc1ccc([N+](=O)[O-])cc1. The molecule has 7 nitrogen and oxygen atoms in total. The molecule has 7 heteroatoms. The molecule has 0 heterocycles. The van der Waals surface area contributed by atoms with E-state index in [4.69, 9.17) is 5.26 Å². The lowest BCUT2D eigenvalue weighted by Crippen LogP contribution is -2.17. The molecule has 0 aromatic heterocycles. The number of nitrogens with zero attached hydrogens (tertiary/aromatic N) is 2. The molecule has 0 aliphatic rings. The van der Waals surface area contributed by atoms with Crippen molar-refractivity contribution in [2.45, 2.75) is 12.8 Å². The Balaban J connectivity index is 1.82. The fourth-order valence-electron chi connectivity index (χ4n) is 2.23. The number of carbonyl (C=O) groups is 1. The van der Waals surface area contributed by atoms with Crippen molar-refractivity contribution in [2.75, 3.05) is 11.9 Å². The Hall–Kier alpha value is -3.66. The minimum atomic E-state index is -0.572. The summed E-state index contributed by atoms with van der Waals surface area (Å²) in [6.07, 6.45) is 3.15. The number of rotatable bonds is 8. The van der Waals surface area contributed by atoms with Crippen molar-refractivity contribution < 1.29 is 9.72 Å². The second-order valence-corrected chi connectivity index (χ2v) is 5.47. The van der Waals surface area contributed by atoms with E-state index in [0.29, 0.717) is 12.2 Å². The Labute approximate surface area is 151 Å². The first-order chi connectivity index (χ1) is 12.6. The number of nitrogens with one attached hydrogen (secondary N) is 2. The highest BCUT2D eigenvalue weighted by Crippen LogP contribution is 2.15. The number of anilines is 1. The van der Waals surface area contributed by atoms with Gasteiger partial charge >= 0.3 is 0 Å². The number of carbonyl (C=O) groups excluding carboxylic acids is 1. The summed E-state index contributed by atoms with van der Waals surface area (Å²) in [6, 6.07) is 17.3. The van der Waals surface area contributed by atoms with Crippen molar-refractivity contribution >= 4 is 17.3 Å². The zero-order valence-corrected chi connectivity index (χ0v) is 14.0. The molecule has 0 saturated heterocycles. The normalized spacial score (nSPS) is 10.7. The molecule has 1 amide bonds. The van der Waals surface area contributed by atoms with E-state index >= 15 is 0 Å². The molecule has 2 N–H and O–H groups in total. The first kappa shape index (κ1) is 18.7. The highest BCUT2D eigenvalue weighted by Gasteiger charge is 2.10. The first-order valence-electron chi connectivity index (χ1n) is 8.03. The Kier molecular flexibility index (Phi) is 6.89. The summed E-state index contributed by atoms with van der Waals surface area (Å²) in [4.78, 5) is 22.2. The number of hydrogen-bond acceptors (Lipinski definition) is 5. The molecule has 0 bridgehead atoms. The van der Waals surface area contributed by atoms with Gasteiger partial charge in [-0.3, -0.25) is 14.9 Å². The highest BCUT2D eigenvalue weighted by atomic mass is 16.6. The third kappa shape index (κ3) is 5.76. The molecule has 0 fully saturated rings. The van der Waals surface area contributed by atoms with E-state index in [1.54, 1.807) is 0 Å². The predicted molar refractivity (Wildman–Crippen MR) is 98.2 cm³/mol. The van der Waals surface area contributed by atoms with Gasteiger partial charge in [0.25, 0.3) is 11.6 Å². The van der Waals surface area contributed by atoms with Gasteiger partial charge in [0.2, 0.25) is 0 Å². The topological polar surface area (TPSA) is 108 Å². The van der Waals surface area contributed by atoms with Crippen molar-refractivity contribution in [3.8, 4) is 6.07 Å². The van der Waals surface area contributed by atoms with Gasteiger partial charge in [-0.15, -0.1) is 0 Å². The number of nitriles is 1. The van der Waals surface area contributed by atoms with Crippen LogP contribution in [-0.2, 0) is 11.2 Å². The molecular weight excluding hydrogens is 332 g/mol. The molecule has 132 valence electrons. The molecule has 0 unspecified atom stereocenters. The Morgan fingerprint density at radius 2 is 1.85 bits per heavy atom. The average molecular weight is 350 g/mol. The molecule has 0 saturated carbocycles. The quantitative estimate of drug-likeness (QED) is 0.250. The lowest BCUT2D eigenvalue weighted by Gasteiger charge is -2.05. The molecule has 2 aromatic carbocycles. The van der Waals surface area contributed by atoms with Gasteiger partial charge < -0.3 is 10.6 Å². The van der Waals surface area contributed by atoms with Crippen molar-refractivity contribution in [3.05, 3.63) is 82.0 Å². The summed E-state index contributed by atoms with van der Waals surface area (Å²) < 4.78 is 0. The molecule has 0 radical (unpaired) electrons. The number of nitro groups is 1. The van der Waals surface area contributed by atoms with E-state index in [-0.39, 0.29) is 11.3 Å². The molecule has 26 heavy (non-hydrogen) atoms. The standard InChI is InChI=1S/C19H18N4O3/c20-13-16(14-21-12-4-7-15-5-2-1-3-6-15)19(24)22-17-8-10-18(11-9-17)23(25)26/h1-3,5-6,8-11,14,21H,4,7,12H2,(H,22,24)/b16-14-. The summed E-state index contributed by atoms with van der Waals surface area (Å²) in [5.41, 5.74) is 1.47. The minimum Gasteiger partial charge on any atom is -0.390 e. The van der Waals surface area contributed by atoms with Crippen molar-refractivity contribution in [2.24, 2.45) is 0 Å². The van der Waals surface area contributed by atoms with E-state index in [0.717, 1.165) is 12.8 Å². The maximum Gasteiger partial charge on any atom is 0.269 e. The van der Waals surface area contributed by atoms with Crippen LogP contribution in [-0.4, -0.2) is 17.4 Å². The number of benzene rings is 2. The van der Waals surface area contributed by atoms with Crippen LogP contribution in [0.4, 0.5) is 11.4 Å². The molecule has 0 spiro atoms. The monoisotopic (exact) mass is 350 g/mol. The summed E-state index contributed by atoms with van der Waals surface area (Å²) in [6.45, 7) is 0.630. The van der Waals surface area contributed by atoms with Gasteiger partial charge in [-0.2, -0.15) is 5.26 Å². The van der Waals surface area contributed by atoms with Gasteiger partial charge in [0, 0.05) is 30.6 Å². The molecule has 0 atom stereocenters. The van der Waals surface area contributed by atoms with Crippen molar-refractivity contribution in [1.82, 2.24) is 5.32 Å². The Morgan fingerprint density at radius 3 is 2.46 bits per heavy atom. The van der Waals surface area contributed by atoms with Gasteiger partial charge in [0.1, 0.15) is 11.6 Å². The zero-order chi connectivity index (χ0) is 18.8. The summed E-state index contributed by atoms with van der Waals surface area (Å²) in [5.74, 6) is -0.572. The van der Waals surface area contributed by atoms with Crippen LogP contribution in [0.5, 0.6) is 0 Å². The van der Waals surface area contributed by atoms with Crippen LogP contribution in [0.15, 0.2) is 66.4 Å². The van der Waals surface area contributed by atoms with Crippen LogP contribution in [0.1, 0.15) is 12.0 Å². The number of aryl methyl sites for hydroxylation is 1. The number of non-ortho nitro benzene ring substituents is 1. The smallest absolute Gasteiger partial charge is 0.269 e. The van der Waals surface area contributed by atoms with E-state index in [1.165, 1.54) is 36.0 Å². The van der Waals surface area contributed by atoms with Crippen LogP contribution in [0.3, 0.4) is 0 Å². The summed E-state index contributed by atoms with van der Waals surface area (Å²) in [7, 11) is 0. The maximum atomic E-state index is 12.1. The predicted octanol–water partition coefficient (Wildman–Crippen LogP) is 3.16. The number of hydrogen-bond donors (Lipinski definition) is 2. The van der Waals surface area contributed by atoms with Gasteiger partial charge in [0.15, 0.2) is 0 Å². The fraction of sp³-hybridized carbons (Fsp3) is 0.158. The molecule has 0 aliphatic heterocycles. The lowest BCUT2D eigenvalue weighted by atomic mass is 10.1. The molecule has 2 rings (SSSR count). The summed E-state index contributed by atoms with van der Waals surface area (Å²) in [5, 5.41) is 25.2. The first-order valence-corrected chi connectivity index (χ1v) is 8.03. The van der Waals surface area contributed by atoms with Gasteiger partial charge in [0.05, 0.1) is 4.92 Å². The Bertz CT molecular complexity index is 824. The minimum absolute atomic E-state index is 0.0666.